The average molecular weight is 335 g/mol. The van der Waals surface area contributed by atoms with Gasteiger partial charge in [0.05, 0.1) is 12.9 Å². The molecule has 7 nitrogen and oxygen atoms in total. The summed E-state index contributed by atoms with van der Waals surface area (Å²) < 4.78 is 6.96. The van der Waals surface area contributed by atoms with Crippen LogP contribution in [0.1, 0.15) is 25.8 Å². The van der Waals surface area contributed by atoms with Crippen molar-refractivity contribution in [1.82, 2.24) is 25.5 Å². The number of nitrogens with zero attached hydrogens (tertiary/aromatic N) is 4. The van der Waals surface area contributed by atoms with Crippen LogP contribution in [0, 0.1) is 6.92 Å². The number of ether oxygens (including phenoxy) is 1. The minimum absolute atomic E-state index is 0.0323. The first-order chi connectivity index (χ1) is 11.0. The van der Waals surface area contributed by atoms with Crippen LogP contribution in [-0.2, 0) is 4.79 Å². The summed E-state index contributed by atoms with van der Waals surface area (Å²) in [5.41, 5.74) is 1.82. The third-order valence-corrected chi connectivity index (χ3v) is 4.27. The molecule has 0 aliphatic carbocycles. The van der Waals surface area contributed by atoms with Gasteiger partial charge in [0, 0.05) is 6.04 Å². The number of hydrogen-bond acceptors (Lipinski definition) is 6. The smallest absolute Gasteiger partial charge is 0.230 e. The van der Waals surface area contributed by atoms with Gasteiger partial charge in [-0.2, -0.15) is 4.68 Å². The number of methoxy groups -OCH3 is 1. The second-order valence-electron chi connectivity index (χ2n) is 5.21. The van der Waals surface area contributed by atoms with Gasteiger partial charge in [0.15, 0.2) is 0 Å². The fraction of sp³-hybridized carbons (Fsp3) is 0.467. The van der Waals surface area contributed by atoms with Gasteiger partial charge in [-0.05, 0) is 48.4 Å². The fourth-order valence-corrected chi connectivity index (χ4v) is 2.63. The number of tetrazole rings is 1. The van der Waals surface area contributed by atoms with Crippen molar-refractivity contribution in [3.63, 3.8) is 0 Å². The van der Waals surface area contributed by atoms with Crippen LogP contribution in [0.3, 0.4) is 0 Å². The highest BCUT2D eigenvalue weighted by atomic mass is 32.2. The second kappa shape index (κ2) is 7.96. The molecule has 1 atom stereocenters. The monoisotopic (exact) mass is 335 g/mol. The Labute approximate surface area is 139 Å². The van der Waals surface area contributed by atoms with Gasteiger partial charge >= 0.3 is 0 Å². The lowest BCUT2D eigenvalue weighted by molar-refractivity contribution is -0.119. The van der Waals surface area contributed by atoms with Gasteiger partial charge in [0.25, 0.3) is 0 Å². The first-order valence-electron chi connectivity index (χ1n) is 7.40. The largest absolute Gasteiger partial charge is 0.494 e. The highest BCUT2D eigenvalue weighted by Crippen LogP contribution is 2.26. The van der Waals surface area contributed by atoms with E-state index < -0.39 is 0 Å². The van der Waals surface area contributed by atoms with Crippen molar-refractivity contribution in [2.75, 3.05) is 12.9 Å². The summed E-state index contributed by atoms with van der Waals surface area (Å²) in [6, 6.07) is 5.93. The molecule has 0 bridgehead atoms. The number of carbonyl (C=O) groups is 1. The number of amides is 1. The molecule has 124 valence electrons. The topological polar surface area (TPSA) is 81.9 Å². The van der Waals surface area contributed by atoms with E-state index in [9.17, 15) is 4.79 Å². The molecule has 8 heteroatoms. The molecule has 2 rings (SSSR count). The van der Waals surface area contributed by atoms with E-state index in [1.54, 1.807) is 11.8 Å². The fourth-order valence-electron chi connectivity index (χ4n) is 1.93. The van der Waals surface area contributed by atoms with Crippen molar-refractivity contribution in [3.8, 4) is 11.4 Å². The van der Waals surface area contributed by atoms with E-state index in [1.165, 1.54) is 11.8 Å². The van der Waals surface area contributed by atoms with Crippen molar-refractivity contribution in [2.24, 2.45) is 0 Å². The van der Waals surface area contributed by atoms with Gasteiger partial charge in [-0.3, -0.25) is 4.79 Å². The molecule has 0 fully saturated rings. The molecule has 1 aromatic carbocycles. The molecule has 2 aromatic rings. The quantitative estimate of drug-likeness (QED) is 0.779. The number of nitrogens with one attached hydrogen (secondary N) is 1. The Kier molecular flexibility index (Phi) is 5.97. The van der Waals surface area contributed by atoms with Crippen LogP contribution >= 0.6 is 11.8 Å². The van der Waals surface area contributed by atoms with Crippen LogP contribution in [0.4, 0.5) is 0 Å². The molecule has 23 heavy (non-hydrogen) atoms. The predicted molar refractivity (Wildman–Crippen MR) is 89.1 cm³/mol. The first-order valence-corrected chi connectivity index (χ1v) is 8.39. The molecule has 0 saturated carbocycles. The molecule has 1 aromatic heterocycles. The van der Waals surface area contributed by atoms with Crippen LogP contribution in [0.25, 0.3) is 5.69 Å². The maximum atomic E-state index is 11.9. The van der Waals surface area contributed by atoms with E-state index in [-0.39, 0.29) is 17.7 Å². The number of aromatic nitrogens is 4. The van der Waals surface area contributed by atoms with E-state index in [1.807, 2.05) is 39.0 Å². The predicted octanol–water partition coefficient (Wildman–Crippen LogP) is 1.99. The van der Waals surface area contributed by atoms with Gasteiger partial charge in [-0.1, -0.05) is 24.8 Å². The maximum absolute atomic E-state index is 11.9. The lowest BCUT2D eigenvalue weighted by Crippen LogP contribution is -2.33. The molecule has 0 aliphatic rings. The van der Waals surface area contributed by atoms with Gasteiger partial charge in [0.2, 0.25) is 11.1 Å². The van der Waals surface area contributed by atoms with Gasteiger partial charge < -0.3 is 10.1 Å². The molecule has 0 aliphatic heterocycles. The third-order valence-electron chi connectivity index (χ3n) is 3.36. The van der Waals surface area contributed by atoms with E-state index in [0.717, 1.165) is 17.7 Å². The summed E-state index contributed by atoms with van der Waals surface area (Å²) in [6.45, 7) is 5.99. The zero-order valence-electron chi connectivity index (χ0n) is 13.7. The molecule has 0 spiro atoms. The van der Waals surface area contributed by atoms with Crippen molar-refractivity contribution < 1.29 is 9.53 Å². The number of carbonyl (C=O) groups excluding carboxylic acids is 1. The SMILES string of the molecule is CCC(C)NC(=O)CSc1nnnn1-c1cc(C)ccc1OC. The lowest BCUT2D eigenvalue weighted by atomic mass is 10.2. The van der Waals surface area contributed by atoms with Gasteiger partial charge in [-0.25, -0.2) is 0 Å². The molecule has 1 N–H and O–H groups in total. The number of thioether (sulfide) groups is 1. The zero-order chi connectivity index (χ0) is 16.8. The summed E-state index contributed by atoms with van der Waals surface area (Å²) in [6.07, 6.45) is 0.897. The Balaban J connectivity index is 2.14. The summed E-state index contributed by atoms with van der Waals surface area (Å²) in [7, 11) is 1.60. The van der Waals surface area contributed by atoms with Crippen LogP contribution in [-0.4, -0.2) is 45.0 Å². The molecule has 1 amide bonds. The van der Waals surface area contributed by atoms with E-state index in [0.29, 0.717) is 10.9 Å². The first kappa shape index (κ1) is 17.3. The Morgan fingerprint density at radius 1 is 1.48 bits per heavy atom. The average Bonchev–Trinajstić information content (AvgIpc) is 3.01. The standard InChI is InChI=1S/C15H21N5O2S/c1-5-11(3)16-14(21)9-23-15-17-18-19-20(15)12-8-10(2)6-7-13(12)22-4/h6-8,11H,5,9H2,1-4H3,(H,16,21). The van der Waals surface area contributed by atoms with E-state index in [4.69, 9.17) is 4.74 Å². The summed E-state index contributed by atoms with van der Waals surface area (Å²) in [5.74, 6) is 0.905. The van der Waals surface area contributed by atoms with Crippen LogP contribution in [0.5, 0.6) is 5.75 Å². The molecule has 1 unspecified atom stereocenters. The van der Waals surface area contributed by atoms with Crippen LogP contribution in [0.2, 0.25) is 0 Å². The van der Waals surface area contributed by atoms with Crippen LogP contribution in [0.15, 0.2) is 23.4 Å². The van der Waals surface area contributed by atoms with Crippen LogP contribution < -0.4 is 10.1 Å². The Morgan fingerprint density at radius 2 is 2.26 bits per heavy atom. The highest BCUT2D eigenvalue weighted by molar-refractivity contribution is 7.99. The van der Waals surface area contributed by atoms with Crippen molar-refractivity contribution in [3.05, 3.63) is 23.8 Å². The molecular weight excluding hydrogens is 314 g/mol. The third kappa shape index (κ3) is 4.44. The van der Waals surface area contributed by atoms with Crippen molar-refractivity contribution in [2.45, 2.75) is 38.4 Å². The van der Waals surface area contributed by atoms with E-state index >= 15 is 0 Å². The summed E-state index contributed by atoms with van der Waals surface area (Å²) in [5, 5.41) is 15.2. The minimum Gasteiger partial charge on any atom is -0.494 e. The number of benzene rings is 1. The van der Waals surface area contributed by atoms with Crippen molar-refractivity contribution >= 4 is 17.7 Å². The number of rotatable bonds is 7. The summed E-state index contributed by atoms with van der Waals surface area (Å²) in [4.78, 5) is 11.9. The van der Waals surface area contributed by atoms with Gasteiger partial charge in [0.1, 0.15) is 11.4 Å². The van der Waals surface area contributed by atoms with Gasteiger partial charge in [-0.15, -0.1) is 5.10 Å². The molecule has 0 saturated heterocycles. The number of aryl methyl sites for hydroxylation is 1. The molecule has 1 heterocycles. The van der Waals surface area contributed by atoms with Crippen molar-refractivity contribution in [1.29, 1.82) is 0 Å². The number of hydrogen-bond donors (Lipinski definition) is 1. The normalized spacial score (nSPS) is 12.0. The molecule has 0 radical (unpaired) electrons. The maximum Gasteiger partial charge on any atom is 0.230 e. The second-order valence-corrected chi connectivity index (χ2v) is 6.16. The van der Waals surface area contributed by atoms with E-state index in [2.05, 4.69) is 20.8 Å². The minimum atomic E-state index is -0.0323. The highest BCUT2D eigenvalue weighted by Gasteiger charge is 2.15. The molecular formula is C15H21N5O2S. The lowest BCUT2D eigenvalue weighted by Gasteiger charge is -2.12. The zero-order valence-corrected chi connectivity index (χ0v) is 14.6. The summed E-state index contributed by atoms with van der Waals surface area (Å²) >= 11 is 1.29. The Bertz CT molecular complexity index is 674. The Hall–Kier alpha value is -2.09. The Morgan fingerprint density at radius 3 is 2.96 bits per heavy atom.